The Morgan fingerprint density at radius 3 is 2.55 bits per heavy atom. The summed E-state index contributed by atoms with van der Waals surface area (Å²) in [7, 11) is 1.72. The van der Waals surface area contributed by atoms with Gasteiger partial charge in [0.05, 0.1) is 5.69 Å². The minimum Gasteiger partial charge on any atom is -0.480 e. The largest absolute Gasteiger partial charge is 0.480 e. The molecule has 0 radical (unpaired) electrons. The zero-order valence-corrected chi connectivity index (χ0v) is 12.4. The van der Waals surface area contributed by atoms with Crippen LogP contribution in [0.15, 0.2) is 48.5 Å². The van der Waals surface area contributed by atoms with E-state index in [-0.39, 0.29) is 5.69 Å². The van der Waals surface area contributed by atoms with Crippen LogP contribution in [0.3, 0.4) is 0 Å². The molecule has 0 spiro atoms. The molecule has 1 atom stereocenters. The Hall–Kier alpha value is -2.40. The maximum atomic E-state index is 13.6. The van der Waals surface area contributed by atoms with Gasteiger partial charge in [-0.3, -0.25) is 9.69 Å². The minimum absolute atomic E-state index is 0.0137. The van der Waals surface area contributed by atoms with E-state index in [4.69, 9.17) is 5.73 Å². The van der Waals surface area contributed by atoms with Gasteiger partial charge in [0.2, 0.25) is 0 Å². The van der Waals surface area contributed by atoms with Gasteiger partial charge < -0.3 is 10.8 Å². The van der Waals surface area contributed by atoms with Crippen molar-refractivity contribution >= 4 is 11.7 Å². The van der Waals surface area contributed by atoms with Gasteiger partial charge in [-0.05, 0) is 36.7 Å². The minimum atomic E-state index is -1.01. The second-order valence-electron chi connectivity index (χ2n) is 5.24. The van der Waals surface area contributed by atoms with Gasteiger partial charge in [-0.15, -0.1) is 0 Å². The van der Waals surface area contributed by atoms with Crippen LogP contribution in [0.5, 0.6) is 0 Å². The topological polar surface area (TPSA) is 66.6 Å². The zero-order valence-electron chi connectivity index (χ0n) is 12.4. The average molecular weight is 302 g/mol. The van der Waals surface area contributed by atoms with Crippen LogP contribution in [0.25, 0.3) is 0 Å². The number of rotatable bonds is 6. The molecule has 2 aromatic carbocycles. The predicted octanol–water partition coefficient (Wildman–Crippen LogP) is 2.71. The summed E-state index contributed by atoms with van der Waals surface area (Å²) in [6, 6.07) is 13.0. The van der Waals surface area contributed by atoms with Crippen molar-refractivity contribution < 1.29 is 14.3 Å². The fourth-order valence-electron chi connectivity index (χ4n) is 2.38. The van der Waals surface area contributed by atoms with E-state index in [2.05, 4.69) is 0 Å². The summed E-state index contributed by atoms with van der Waals surface area (Å²) in [5.74, 6) is -1.61. The molecule has 116 valence electrons. The number of halogens is 1. The highest BCUT2D eigenvalue weighted by molar-refractivity contribution is 5.75. The van der Waals surface area contributed by atoms with Crippen LogP contribution in [-0.4, -0.2) is 29.6 Å². The number of carboxylic acid groups (broad SMARTS) is 1. The van der Waals surface area contributed by atoms with E-state index in [0.29, 0.717) is 12.1 Å². The molecule has 0 aliphatic heterocycles. The summed E-state index contributed by atoms with van der Waals surface area (Å²) >= 11 is 0. The molecule has 22 heavy (non-hydrogen) atoms. The van der Waals surface area contributed by atoms with E-state index in [1.165, 1.54) is 12.1 Å². The first-order chi connectivity index (χ1) is 10.5. The Balaban J connectivity index is 2.13. The number of hydrogen-bond donors (Lipinski definition) is 2. The molecule has 0 fully saturated rings. The monoisotopic (exact) mass is 302 g/mol. The Labute approximate surface area is 129 Å². The SMILES string of the molecule is CN(CCc1ccccc1)C(C(=O)O)c1ccc(N)c(F)c1. The molecule has 1 unspecified atom stereocenters. The van der Waals surface area contributed by atoms with E-state index in [1.807, 2.05) is 30.3 Å². The van der Waals surface area contributed by atoms with Gasteiger partial charge in [0, 0.05) is 6.54 Å². The van der Waals surface area contributed by atoms with Gasteiger partial charge in [0.15, 0.2) is 0 Å². The highest BCUT2D eigenvalue weighted by atomic mass is 19.1. The van der Waals surface area contributed by atoms with Crippen LogP contribution >= 0.6 is 0 Å². The molecule has 0 aliphatic rings. The lowest BCUT2D eigenvalue weighted by Crippen LogP contribution is -2.32. The Morgan fingerprint density at radius 1 is 1.27 bits per heavy atom. The highest BCUT2D eigenvalue weighted by Crippen LogP contribution is 2.23. The van der Waals surface area contributed by atoms with Crippen LogP contribution in [0.1, 0.15) is 17.2 Å². The highest BCUT2D eigenvalue weighted by Gasteiger charge is 2.25. The van der Waals surface area contributed by atoms with Gasteiger partial charge in [-0.25, -0.2) is 4.39 Å². The lowest BCUT2D eigenvalue weighted by atomic mass is 10.0. The molecular formula is C17H19FN2O2. The third kappa shape index (κ3) is 3.83. The lowest BCUT2D eigenvalue weighted by molar-refractivity contribution is -0.143. The Bertz CT molecular complexity index is 646. The van der Waals surface area contributed by atoms with Crippen LogP contribution < -0.4 is 5.73 Å². The molecule has 0 aliphatic carbocycles. The molecule has 2 aromatic rings. The number of benzene rings is 2. The van der Waals surface area contributed by atoms with Gasteiger partial charge in [-0.2, -0.15) is 0 Å². The van der Waals surface area contributed by atoms with Crippen LogP contribution in [-0.2, 0) is 11.2 Å². The van der Waals surface area contributed by atoms with Crippen molar-refractivity contribution in [3.63, 3.8) is 0 Å². The average Bonchev–Trinajstić information content (AvgIpc) is 2.50. The number of carbonyl (C=O) groups is 1. The predicted molar refractivity (Wildman–Crippen MR) is 84.0 cm³/mol. The van der Waals surface area contributed by atoms with Crippen LogP contribution in [0.4, 0.5) is 10.1 Å². The second kappa shape index (κ2) is 7.04. The van der Waals surface area contributed by atoms with Crippen molar-refractivity contribution in [1.82, 2.24) is 4.90 Å². The van der Waals surface area contributed by atoms with Crippen LogP contribution in [0.2, 0.25) is 0 Å². The van der Waals surface area contributed by atoms with Crippen molar-refractivity contribution in [2.24, 2.45) is 0 Å². The first-order valence-electron chi connectivity index (χ1n) is 7.01. The quantitative estimate of drug-likeness (QED) is 0.805. The number of nitrogens with zero attached hydrogens (tertiary/aromatic N) is 1. The maximum absolute atomic E-state index is 13.6. The molecule has 0 heterocycles. The number of aliphatic carboxylic acids is 1. The first kappa shape index (κ1) is 16.0. The van der Waals surface area contributed by atoms with E-state index < -0.39 is 17.8 Å². The van der Waals surface area contributed by atoms with Gasteiger partial charge in [0.25, 0.3) is 0 Å². The lowest BCUT2D eigenvalue weighted by Gasteiger charge is -2.25. The second-order valence-corrected chi connectivity index (χ2v) is 5.24. The fourth-order valence-corrected chi connectivity index (χ4v) is 2.38. The summed E-state index contributed by atoms with van der Waals surface area (Å²) in [5, 5.41) is 9.46. The van der Waals surface area contributed by atoms with Crippen molar-refractivity contribution in [3.05, 3.63) is 65.5 Å². The molecule has 3 N–H and O–H groups in total. The van der Waals surface area contributed by atoms with E-state index in [1.54, 1.807) is 18.0 Å². The Morgan fingerprint density at radius 2 is 1.95 bits per heavy atom. The zero-order chi connectivity index (χ0) is 16.1. The number of likely N-dealkylation sites (N-methyl/N-ethyl adjacent to an activating group) is 1. The summed E-state index contributed by atoms with van der Waals surface area (Å²) in [6.07, 6.45) is 0.721. The smallest absolute Gasteiger partial charge is 0.325 e. The molecule has 4 nitrogen and oxygen atoms in total. The van der Waals surface area contributed by atoms with Crippen molar-refractivity contribution in [2.45, 2.75) is 12.5 Å². The Kier molecular flexibility index (Phi) is 5.12. The molecule has 0 bridgehead atoms. The van der Waals surface area contributed by atoms with Crippen molar-refractivity contribution in [3.8, 4) is 0 Å². The van der Waals surface area contributed by atoms with Gasteiger partial charge >= 0.3 is 5.97 Å². The summed E-state index contributed by atoms with van der Waals surface area (Å²) in [6.45, 7) is 0.549. The summed E-state index contributed by atoms with van der Waals surface area (Å²) in [5.41, 5.74) is 6.96. The standard InChI is InChI=1S/C17H19FN2O2/c1-20(10-9-12-5-3-2-4-6-12)16(17(21)22)13-7-8-15(19)14(18)11-13/h2-8,11,16H,9-10,19H2,1H3,(H,21,22). The van der Waals surface area contributed by atoms with Crippen molar-refractivity contribution in [2.75, 3.05) is 19.3 Å². The third-order valence-electron chi connectivity index (χ3n) is 3.61. The molecular weight excluding hydrogens is 283 g/mol. The number of nitrogens with two attached hydrogens (primary N) is 1. The van der Waals surface area contributed by atoms with E-state index in [0.717, 1.165) is 12.0 Å². The van der Waals surface area contributed by atoms with Crippen molar-refractivity contribution in [1.29, 1.82) is 0 Å². The third-order valence-corrected chi connectivity index (χ3v) is 3.61. The number of nitrogen functional groups attached to an aromatic ring is 1. The first-order valence-corrected chi connectivity index (χ1v) is 7.01. The molecule has 0 aromatic heterocycles. The molecule has 0 amide bonds. The number of carboxylic acids is 1. The number of hydrogen-bond acceptors (Lipinski definition) is 3. The van der Waals surface area contributed by atoms with Crippen LogP contribution in [0, 0.1) is 5.82 Å². The summed E-state index contributed by atoms with van der Waals surface area (Å²) < 4.78 is 13.6. The molecule has 0 saturated carbocycles. The van der Waals surface area contributed by atoms with Gasteiger partial charge in [-0.1, -0.05) is 36.4 Å². The number of anilines is 1. The maximum Gasteiger partial charge on any atom is 0.325 e. The molecule has 5 heteroatoms. The fraction of sp³-hybridized carbons (Fsp3) is 0.235. The van der Waals surface area contributed by atoms with Gasteiger partial charge in [0.1, 0.15) is 11.9 Å². The summed E-state index contributed by atoms with van der Waals surface area (Å²) in [4.78, 5) is 13.2. The normalized spacial score (nSPS) is 12.3. The van der Waals surface area contributed by atoms with E-state index >= 15 is 0 Å². The molecule has 2 rings (SSSR count). The van der Waals surface area contributed by atoms with E-state index in [9.17, 15) is 14.3 Å². The molecule has 0 saturated heterocycles.